The van der Waals surface area contributed by atoms with Gasteiger partial charge >= 0.3 is 0 Å². The fourth-order valence-electron chi connectivity index (χ4n) is 3.21. The van der Waals surface area contributed by atoms with Gasteiger partial charge < -0.3 is 5.32 Å². The molecule has 0 bridgehead atoms. The van der Waals surface area contributed by atoms with Crippen molar-refractivity contribution in [2.75, 3.05) is 5.32 Å². The molecular formula is C17H17ClN4OS. The number of carbonyl (C=O) groups excluding carboxylic acids is 1. The number of halogens is 1. The number of allylic oxidation sites excluding steroid dienone is 2. The predicted molar refractivity (Wildman–Crippen MR) is 95.3 cm³/mol. The van der Waals surface area contributed by atoms with Gasteiger partial charge in [0.1, 0.15) is 0 Å². The van der Waals surface area contributed by atoms with Gasteiger partial charge in [-0.05, 0) is 31.4 Å². The Kier molecular flexibility index (Phi) is 4.10. The maximum atomic E-state index is 12.2. The third kappa shape index (κ3) is 2.74. The molecule has 1 aromatic carbocycles. The molecule has 1 aliphatic heterocycles. The monoisotopic (exact) mass is 360 g/mol. The number of carbonyl (C=O) groups is 1. The van der Waals surface area contributed by atoms with Crippen molar-refractivity contribution < 1.29 is 4.79 Å². The molecule has 24 heavy (non-hydrogen) atoms. The Morgan fingerprint density at radius 2 is 2.21 bits per heavy atom. The number of nitrogens with zero attached hydrogens (tertiary/aromatic N) is 3. The van der Waals surface area contributed by atoms with Crippen LogP contribution in [0.25, 0.3) is 0 Å². The third-order valence-electron chi connectivity index (χ3n) is 4.43. The molecule has 0 amide bonds. The summed E-state index contributed by atoms with van der Waals surface area (Å²) in [6, 6.07) is 7.72. The van der Waals surface area contributed by atoms with Crippen molar-refractivity contribution in [3.05, 3.63) is 46.1 Å². The lowest BCUT2D eigenvalue weighted by Gasteiger charge is -2.29. The first-order valence-electron chi connectivity index (χ1n) is 7.99. The molecule has 0 fully saturated rings. The van der Waals surface area contributed by atoms with Crippen LogP contribution in [0, 0.1) is 0 Å². The molecular weight excluding hydrogens is 344 g/mol. The Bertz CT molecular complexity index is 845. The second-order valence-electron chi connectivity index (χ2n) is 6.01. The summed E-state index contributed by atoms with van der Waals surface area (Å²) in [4.78, 5) is 16.8. The minimum Gasteiger partial charge on any atom is -0.328 e. The highest BCUT2D eigenvalue weighted by atomic mass is 35.5. The Labute approximate surface area is 149 Å². The lowest BCUT2D eigenvalue weighted by molar-refractivity contribution is -0.116. The fourth-order valence-corrected chi connectivity index (χ4v) is 4.33. The van der Waals surface area contributed by atoms with Crippen LogP contribution >= 0.6 is 23.4 Å². The summed E-state index contributed by atoms with van der Waals surface area (Å²) in [5.74, 6) is 1.66. The zero-order valence-corrected chi connectivity index (χ0v) is 14.8. The molecule has 7 heteroatoms. The number of hydrogen-bond acceptors (Lipinski definition) is 5. The number of ketones is 1. The molecule has 4 rings (SSSR count). The van der Waals surface area contributed by atoms with Crippen molar-refractivity contribution in [3.63, 3.8) is 0 Å². The number of aromatic nitrogens is 3. The molecule has 1 N–H and O–H groups in total. The fraction of sp³-hybridized carbons (Fsp3) is 0.353. The first-order chi connectivity index (χ1) is 11.6. The molecule has 124 valence electrons. The molecule has 1 atom stereocenters. The molecule has 1 unspecified atom stereocenters. The van der Waals surface area contributed by atoms with E-state index in [0.717, 1.165) is 40.6 Å². The first-order valence-corrected chi connectivity index (χ1v) is 9.36. The molecule has 1 aromatic heterocycles. The molecule has 5 nitrogen and oxygen atoms in total. The van der Waals surface area contributed by atoms with E-state index < -0.39 is 0 Å². The topological polar surface area (TPSA) is 59.8 Å². The van der Waals surface area contributed by atoms with Crippen LogP contribution in [0.15, 0.2) is 40.7 Å². The molecule has 0 spiro atoms. The molecule has 2 aromatic rings. The molecule has 2 aliphatic rings. The summed E-state index contributed by atoms with van der Waals surface area (Å²) >= 11 is 7.74. The lowest BCUT2D eigenvalue weighted by atomic mass is 9.89. The second-order valence-corrected chi connectivity index (χ2v) is 7.36. The Morgan fingerprint density at radius 3 is 3.04 bits per heavy atom. The summed E-state index contributed by atoms with van der Waals surface area (Å²) in [6.45, 7) is 2.01. The van der Waals surface area contributed by atoms with E-state index in [4.69, 9.17) is 11.6 Å². The van der Waals surface area contributed by atoms with E-state index in [1.165, 1.54) is 0 Å². The van der Waals surface area contributed by atoms with Gasteiger partial charge in [0.25, 0.3) is 0 Å². The number of anilines is 1. The highest BCUT2D eigenvalue weighted by molar-refractivity contribution is 7.98. The van der Waals surface area contributed by atoms with Gasteiger partial charge in [-0.3, -0.25) is 4.79 Å². The van der Waals surface area contributed by atoms with E-state index in [1.807, 2.05) is 35.9 Å². The highest BCUT2D eigenvalue weighted by Gasteiger charge is 2.33. The quantitative estimate of drug-likeness (QED) is 0.830. The van der Waals surface area contributed by atoms with Crippen LogP contribution in [0.4, 0.5) is 5.95 Å². The number of benzene rings is 1. The summed E-state index contributed by atoms with van der Waals surface area (Å²) in [7, 11) is 0. The predicted octanol–water partition coefficient (Wildman–Crippen LogP) is 4.22. The summed E-state index contributed by atoms with van der Waals surface area (Å²) in [5.41, 5.74) is 2.94. The van der Waals surface area contributed by atoms with Crippen molar-refractivity contribution in [3.8, 4) is 0 Å². The minimum atomic E-state index is -0.0637. The van der Waals surface area contributed by atoms with Crippen LogP contribution in [-0.2, 0) is 10.5 Å². The van der Waals surface area contributed by atoms with E-state index in [0.29, 0.717) is 17.3 Å². The second kappa shape index (κ2) is 6.26. The molecule has 0 radical (unpaired) electrons. The molecule has 2 heterocycles. The van der Waals surface area contributed by atoms with Crippen molar-refractivity contribution in [2.45, 2.75) is 43.1 Å². The largest absolute Gasteiger partial charge is 0.328 e. The van der Waals surface area contributed by atoms with Crippen molar-refractivity contribution in [2.24, 2.45) is 0 Å². The van der Waals surface area contributed by atoms with Crippen molar-refractivity contribution in [1.29, 1.82) is 0 Å². The summed E-state index contributed by atoms with van der Waals surface area (Å²) in [5, 5.41) is 9.32. The Morgan fingerprint density at radius 1 is 1.38 bits per heavy atom. The van der Waals surface area contributed by atoms with Gasteiger partial charge in [-0.15, -0.1) is 5.10 Å². The number of hydrogen-bond donors (Lipinski definition) is 1. The molecule has 0 saturated heterocycles. The number of Topliss-reactive ketones (excluding diaryl/α,β-unsaturated/α-hetero) is 1. The number of fused-ring (bicyclic) bond motifs is 1. The number of nitrogens with one attached hydrogen (secondary N) is 1. The zero-order chi connectivity index (χ0) is 16.7. The van der Waals surface area contributed by atoms with Gasteiger partial charge in [0, 0.05) is 28.5 Å². The summed E-state index contributed by atoms with van der Waals surface area (Å²) < 4.78 is 1.82. The normalized spacial score (nSPS) is 19.8. The van der Waals surface area contributed by atoms with Crippen LogP contribution in [0.2, 0.25) is 5.02 Å². The van der Waals surface area contributed by atoms with Crippen molar-refractivity contribution in [1.82, 2.24) is 14.8 Å². The average Bonchev–Trinajstić information content (AvgIpc) is 2.97. The first kappa shape index (κ1) is 15.7. The van der Waals surface area contributed by atoms with E-state index in [2.05, 4.69) is 15.4 Å². The van der Waals surface area contributed by atoms with Gasteiger partial charge in [0.2, 0.25) is 11.1 Å². The van der Waals surface area contributed by atoms with Crippen LogP contribution in [0.1, 0.15) is 37.8 Å². The van der Waals surface area contributed by atoms with E-state index in [9.17, 15) is 4.79 Å². The van der Waals surface area contributed by atoms with E-state index in [1.54, 1.807) is 11.8 Å². The zero-order valence-electron chi connectivity index (χ0n) is 13.3. The van der Waals surface area contributed by atoms with Crippen LogP contribution in [0.5, 0.6) is 0 Å². The number of thioether (sulfide) groups is 1. The van der Waals surface area contributed by atoms with Crippen LogP contribution in [0.3, 0.4) is 0 Å². The van der Waals surface area contributed by atoms with Crippen LogP contribution in [-0.4, -0.2) is 20.5 Å². The van der Waals surface area contributed by atoms with Gasteiger partial charge in [-0.25, -0.2) is 4.68 Å². The summed E-state index contributed by atoms with van der Waals surface area (Å²) in [6.07, 6.45) is 2.43. The maximum absolute atomic E-state index is 12.2. The smallest absolute Gasteiger partial charge is 0.227 e. The third-order valence-corrected chi connectivity index (χ3v) is 5.69. The van der Waals surface area contributed by atoms with E-state index >= 15 is 0 Å². The maximum Gasteiger partial charge on any atom is 0.227 e. The average molecular weight is 361 g/mol. The molecule has 1 aliphatic carbocycles. The van der Waals surface area contributed by atoms with Gasteiger partial charge in [0.05, 0.1) is 6.04 Å². The van der Waals surface area contributed by atoms with Gasteiger partial charge in [0.15, 0.2) is 5.78 Å². The van der Waals surface area contributed by atoms with Gasteiger partial charge in [-0.2, -0.15) is 4.98 Å². The Balaban J connectivity index is 1.55. The number of rotatable bonds is 3. The van der Waals surface area contributed by atoms with E-state index in [-0.39, 0.29) is 11.8 Å². The minimum absolute atomic E-state index is 0.0637. The lowest BCUT2D eigenvalue weighted by Crippen LogP contribution is -2.29. The molecule has 0 saturated carbocycles. The Hall–Kier alpha value is -1.79. The SMILES string of the molecule is CC1C2=C(CCCC2=O)Nc2nc(SCc3ccccc3Cl)nn21. The van der Waals surface area contributed by atoms with Crippen molar-refractivity contribution >= 4 is 35.1 Å². The standard InChI is InChI=1S/C17H17ClN4OS/c1-10-15-13(7-4-8-14(15)23)19-16-20-17(21-22(10)16)24-9-11-5-2-3-6-12(11)18/h2-3,5-6,10H,4,7-9H2,1H3,(H,19,20,21). The van der Waals surface area contributed by atoms with Crippen LogP contribution < -0.4 is 5.32 Å². The van der Waals surface area contributed by atoms with Gasteiger partial charge in [-0.1, -0.05) is 41.6 Å². The highest BCUT2D eigenvalue weighted by Crippen LogP contribution is 2.37.